The van der Waals surface area contributed by atoms with E-state index >= 15 is 0 Å². The van der Waals surface area contributed by atoms with E-state index in [-0.39, 0.29) is 11.5 Å². The number of aryl methyl sites for hydroxylation is 2. The van der Waals surface area contributed by atoms with Crippen LogP contribution in [0, 0.1) is 13.8 Å². The Balaban J connectivity index is 2.05. The van der Waals surface area contributed by atoms with Crippen molar-refractivity contribution in [3.63, 3.8) is 0 Å². The summed E-state index contributed by atoms with van der Waals surface area (Å²) >= 11 is 12.2. The first-order valence-corrected chi connectivity index (χ1v) is 7.72. The molecule has 0 aliphatic carbocycles. The van der Waals surface area contributed by atoms with E-state index < -0.39 is 0 Å². The zero-order valence-electron chi connectivity index (χ0n) is 12.5. The number of nitrogens with one attached hydrogen (secondary N) is 1. The van der Waals surface area contributed by atoms with Crippen molar-refractivity contribution in [3.05, 3.63) is 63.4 Å². The molecule has 0 radical (unpaired) electrons. The molecule has 0 aliphatic rings. The van der Waals surface area contributed by atoms with Gasteiger partial charge in [0.2, 0.25) is 0 Å². The lowest BCUT2D eigenvalue weighted by Gasteiger charge is -2.11. The maximum absolute atomic E-state index is 12.5. The Hall–Kier alpha value is -2.17. The quantitative estimate of drug-likeness (QED) is 0.725. The number of rotatable bonds is 2. The van der Waals surface area contributed by atoms with E-state index in [1.165, 1.54) is 0 Å². The highest BCUT2D eigenvalue weighted by Crippen LogP contribution is 2.27. The lowest BCUT2D eigenvalue weighted by atomic mass is 10.2. The average molecular weight is 346 g/mol. The fourth-order valence-corrected chi connectivity index (χ4v) is 2.82. The van der Waals surface area contributed by atoms with Crippen LogP contribution in [-0.2, 0) is 0 Å². The van der Waals surface area contributed by atoms with Crippen molar-refractivity contribution in [3.8, 4) is 0 Å². The highest BCUT2D eigenvalue weighted by atomic mass is 35.5. The summed E-state index contributed by atoms with van der Waals surface area (Å²) in [5.41, 5.74) is 3.83. The predicted molar refractivity (Wildman–Crippen MR) is 93.4 cm³/mol. The summed E-state index contributed by atoms with van der Waals surface area (Å²) in [6.45, 7) is 3.78. The van der Waals surface area contributed by atoms with Crippen molar-refractivity contribution < 1.29 is 4.79 Å². The van der Waals surface area contributed by atoms with Gasteiger partial charge in [-0.1, -0.05) is 35.3 Å². The predicted octanol–water partition coefficient (Wildman–Crippen LogP) is 4.81. The fraction of sp³-hybridized carbons (Fsp3) is 0.118. The van der Waals surface area contributed by atoms with Crippen molar-refractivity contribution in [1.82, 2.24) is 9.97 Å². The van der Waals surface area contributed by atoms with Crippen LogP contribution < -0.4 is 5.32 Å². The summed E-state index contributed by atoms with van der Waals surface area (Å²) in [6, 6.07) is 10.4. The Morgan fingerprint density at radius 1 is 0.957 bits per heavy atom. The number of hydrogen-bond acceptors (Lipinski definition) is 3. The number of nitrogens with zero attached hydrogens (tertiary/aromatic N) is 2. The van der Waals surface area contributed by atoms with Crippen LogP contribution in [0.3, 0.4) is 0 Å². The number of carbonyl (C=O) groups excluding carboxylic acids is 1. The Morgan fingerprint density at radius 2 is 1.57 bits per heavy atom. The van der Waals surface area contributed by atoms with Crippen molar-refractivity contribution >= 4 is 45.8 Å². The van der Waals surface area contributed by atoms with Gasteiger partial charge in [0.15, 0.2) is 0 Å². The Morgan fingerprint density at radius 3 is 2.26 bits per heavy atom. The molecule has 1 aromatic heterocycles. The second-order valence-electron chi connectivity index (χ2n) is 5.12. The van der Waals surface area contributed by atoms with Crippen LogP contribution in [0.25, 0.3) is 11.0 Å². The Kier molecular flexibility index (Phi) is 4.20. The van der Waals surface area contributed by atoms with E-state index in [0.717, 1.165) is 16.9 Å². The van der Waals surface area contributed by atoms with Crippen LogP contribution >= 0.6 is 23.2 Å². The average Bonchev–Trinajstić information content (AvgIpc) is 2.49. The first-order valence-electron chi connectivity index (χ1n) is 6.96. The van der Waals surface area contributed by atoms with Crippen LogP contribution in [0.15, 0.2) is 36.4 Å². The molecule has 3 aromatic rings. The number of hydrogen-bond donors (Lipinski definition) is 1. The number of halogens is 2. The van der Waals surface area contributed by atoms with Gasteiger partial charge in [-0.25, -0.2) is 9.97 Å². The molecular weight excluding hydrogens is 333 g/mol. The maximum Gasteiger partial charge on any atom is 0.258 e. The molecule has 6 heteroatoms. The second kappa shape index (κ2) is 6.14. The third kappa shape index (κ3) is 3.00. The Labute approximate surface area is 143 Å². The van der Waals surface area contributed by atoms with E-state index in [4.69, 9.17) is 23.2 Å². The van der Waals surface area contributed by atoms with Gasteiger partial charge in [0.1, 0.15) is 5.52 Å². The van der Waals surface area contributed by atoms with E-state index in [9.17, 15) is 4.79 Å². The number of fused-ring (bicyclic) bond motifs is 1. The zero-order chi connectivity index (χ0) is 16.6. The SMILES string of the molecule is Cc1nc2cccc(NC(=O)c3c(Cl)cccc3Cl)c2nc1C. The molecule has 2 aromatic carbocycles. The summed E-state index contributed by atoms with van der Waals surface area (Å²) in [5, 5.41) is 3.42. The number of amides is 1. The van der Waals surface area contributed by atoms with Crippen molar-refractivity contribution in [2.75, 3.05) is 5.32 Å². The smallest absolute Gasteiger partial charge is 0.258 e. The summed E-state index contributed by atoms with van der Waals surface area (Å²) < 4.78 is 0. The van der Waals surface area contributed by atoms with Crippen LogP contribution in [0.4, 0.5) is 5.69 Å². The topological polar surface area (TPSA) is 54.9 Å². The van der Waals surface area contributed by atoms with Gasteiger partial charge in [-0.15, -0.1) is 0 Å². The summed E-state index contributed by atoms with van der Waals surface area (Å²) in [6.07, 6.45) is 0. The fourth-order valence-electron chi connectivity index (χ4n) is 2.25. The highest BCUT2D eigenvalue weighted by molar-refractivity contribution is 6.40. The molecule has 1 amide bonds. The van der Waals surface area contributed by atoms with Crippen molar-refractivity contribution in [2.45, 2.75) is 13.8 Å². The third-order valence-corrected chi connectivity index (χ3v) is 4.17. The molecule has 0 atom stereocenters. The van der Waals surface area contributed by atoms with Gasteiger partial charge in [-0.05, 0) is 38.1 Å². The van der Waals surface area contributed by atoms with Gasteiger partial charge in [0.05, 0.1) is 38.2 Å². The lowest BCUT2D eigenvalue weighted by molar-refractivity contribution is 0.102. The largest absolute Gasteiger partial charge is 0.320 e. The minimum absolute atomic E-state index is 0.240. The molecule has 0 aliphatic heterocycles. The first kappa shape index (κ1) is 15.7. The van der Waals surface area contributed by atoms with Gasteiger partial charge < -0.3 is 5.32 Å². The van der Waals surface area contributed by atoms with E-state index in [2.05, 4.69) is 15.3 Å². The molecule has 1 N–H and O–H groups in total. The maximum atomic E-state index is 12.5. The normalized spacial score (nSPS) is 10.8. The molecule has 1 heterocycles. The molecule has 4 nitrogen and oxygen atoms in total. The zero-order valence-corrected chi connectivity index (χ0v) is 14.0. The molecule has 0 bridgehead atoms. The van der Waals surface area contributed by atoms with Gasteiger partial charge in [0, 0.05) is 0 Å². The van der Waals surface area contributed by atoms with E-state index in [1.807, 2.05) is 26.0 Å². The van der Waals surface area contributed by atoms with Gasteiger partial charge in [-0.3, -0.25) is 4.79 Å². The standard InChI is InChI=1S/C17H13Cl2N3O/c1-9-10(2)21-16-13(20-9)7-4-8-14(16)22-17(23)15-11(18)5-3-6-12(15)19/h3-8H,1-2H3,(H,22,23). The third-order valence-electron chi connectivity index (χ3n) is 3.54. The highest BCUT2D eigenvalue weighted by Gasteiger charge is 2.16. The van der Waals surface area contributed by atoms with Crippen molar-refractivity contribution in [1.29, 1.82) is 0 Å². The van der Waals surface area contributed by atoms with Gasteiger partial charge in [-0.2, -0.15) is 0 Å². The van der Waals surface area contributed by atoms with Crippen LogP contribution in [0.1, 0.15) is 21.7 Å². The molecule has 0 saturated carbocycles. The molecule has 0 saturated heterocycles. The molecule has 3 rings (SSSR count). The first-order chi connectivity index (χ1) is 11.0. The van der Waals surface area contributed by atoms with Gasteiger partial charge >= 0.3 is 0 Å². The lowest BCUT2D eigenvalue weighted by Crippen LogP contribution is -2.14. The number of carbonyl (C=O) groups is 1. The minimum atomic E-state index is -0.381. The molecule has 0 fully saturated rings. The number of anilines is 1. The van der Waals surface area contributed by atoms with E-state index in [0.29, 0.717) is 21.2 Å². The molecule has 0 spiro atoms. The Bertz CT molecular complexity index is 905. The van der Waals surface area contributed by atoms with Crippen LogP contribution in [-0.4, -0.2) is 15.9 Å². The van der Waals surface area contributed by atoms with Gasteiger partial charge in [0.25, 0.3) is 5.91 Å². The summed E-state index contributed by atoms with van der Waals surface area (Å²) in [4.78, 5) is 21.5. The van der Waals surface area contributed by atoms with Crippen molar-refractivity contribution in [2.24, 2.45) is 0 Å². The number of para-hydroxylation sites is 1. The second-order valence-corrected chi connectivity index (χ2v) is 5.93. The van der Waals surface area contributed by atoms with Crippen LogP contribution in [0.2, 0.25) is 10.0 Å². The molecule has 23 heavy (non-hydrogen) atoms. The minimum Gasteiger partial charge on any atom is -0.320 e. The monoisotopic (exact) mass is 345 g/mol. The molecule has 0 unspecified atom stereocenters. The van der Waals surface area contributed by atoms with Crippen LogP contribution in [0.5, 0.6) is 0 Å². The molecular formula is C17H13Cl2N3O. The summed E-state index contributed by atoms with van der Waals surface area (Å²) in [5.74, 6) is -0.381. The van der Waals surface area contributed by atoms with E-state index in [1.54, 1.807) is 24.3 Å². The molecule has 116 valence electrons. The number of benzene rings is 2. The number of aromatic nitrogens is 2. The summed E-state index contributed by atoms with van der Waals surface area (Å²) in [7, 11) is 0.